The maximum Gasteiger partial charge on any atom is 0.262 e. The molecule has 1 aliphatic heterocycles. The van der Waals surface area contributed by atoms with Crippen molar-refractivity contribution in [1.29, 1.82) is 0 Å². The zero-order valence-corrected chi connectivity index (χ0v) is 23.5. The number of sulfone groups is 1. The Bertz CT molecular complexity index is 1490. The van der Waals surface area contributed by atoms with Gasteiger partial charge in [0.25, 0.3) is 5.56 Å². The van der Waals surface area contributed by atoms with Crippen LogP contribution in [0.1, 0.15) is 26.7 Å². The summed E-state index contributed by atoms with van der Waals surface area (Å²) in [5.41, 5.74) is 1.71. The van der Waals surface area contributed by atoms with Gasteiger partial charge < -0.3 is 15.5 Å². The van der Waals surface area contributed by atoms with Crippen molar-refractivity contribution in [2.75, 3.05) is 36.5 Å². The van der Waals surface area contributed by atoms with Gasteiger partial charge >= 0.3 is 0 Å². The van der Waals surface area contributed by atoms with E-state index in [1.54, 1.807) is 18.2 Å². The predicted octanol–water partition coefficient (Wildman–Crippen LogP) is 2.84. The Morgan fingerprint density at radius 2 is 2.03 bits per heavy atom. The lowest BCUT2D eigenvalue weighted by Gasteiger charge is -2.27. The van der Waals surface area contributed by atoms with Crippen LogP contribution in [-0.4, -0.2) is 67.6 Å². The maximum absolute atomic E-state index is 13.8. The van der Waals surface area contributed by atoms with Gasteiger partial charge in [0.1, 0.15) is 22.2 Å². The molecule has 1 atom stereocenters. The highest BCUT2D eigenvalue weighted by molar-refractivity contribution is 7.90. The largest absolute Gasteiger partial charge is 0.370 e. The highest BCUT2D eigenvalue weighted by atomic mass is 35.5. The van der Waals surface area contributed by atoms with Gasteiger partial charge in [-0.15, -0.1) is 0 Å². The zero-order valence-electron chi connectivity index (χ0n) is 21.9. The predicted molar refractivity (Wildman–Crippen MR) is 153 cm³/mol. The summed E-state index contributed by atoms with van der Waals surface area (Å²) in [6.45, 7) is 5.74. The molecule has 38 heavy (non-hydrogen) atoms. The number of fused-ring (bicyclic) bond motifs is 1. The Kier molecular flexibility index (Phi) is 8.74. The van der Waals surface area contributed by atoms with E-state index >= 15 is 0 Å². The highest BCUT2D eigenvalue weighted by Gasteiger charge is 2.21. The number of hydrogen-bond acceptors (Lipinski definition) is 7. The van der Waals surface area contributed by atoms with Gasteiger partial charge in [-0.2, -0.15) is 0 Å². The lowest BCUT2D eigenvalue weighted by Crippen LogP contribution is -2.39. The Labute approximate surface area is 228 Å². The second-order valence-corrected chi connectivity index (χ2v) is 12.8. The van der Waals surface area contributed by atoms with Crippen LogP contribution >= 0.6 is 11.6 Å². The third-order valence-corrected chi connectivity index (χ3v) is 7.67. The number of halogens is 1. The molecule has 1 saturated heterocycles. The fourth-order valence-electron chi connectivity index (χ4n) is 4.69. The summed E-state index contributed by atoms with van der Waals surface area (Å²) in [6.07, 6.45) is 2.66. The lowest BCUT2D eigenvalue weighted by atomic mass is 10.1. The molecular formula is C27H34ClN5O4S. The van der Waals surface area contributed by atoms with Gasteiger partial charge in [-0.1, -0.05) is 23.7 Å². The van der Waals surface area contributed by atoms with Gasteiger partial charge in [-0.25, -0.2) is 13.4 Å². The molecule has 1 fully saturated rings. The summed E-state index contributed by atoms with van der Waals surface area (Å²) >= 11 is 6.22. The molecule has 1 unspecified atom stereocenters. The molecule has 1 aromatic heterocycles. The van der Waals surface area contributed by atoms with Crippen molar-refractivity contribution < 1.29 is 13.2 Å². The van der Waals surface area contributed by atoms with Crippen LogP contribution in [-0.2, 0) is 21.2 Å². The summed E-state index contributed by atoms with van der Waals surface area (Å²) in [5, 5.41) is 7.20. The number of hydrogen-bond donors (Lipinski definition) is 2. The average molecular weight is 560 g/mol. The number of carbonyl (C=O) groups excluding carboxylic acids is 1. The molecular weight excluding hydrogens is 526 g/mol. The minimum atomic E-state index is -3.06. The minimum absolute atomic E-state index is 0.0163. The second-order valence-electron chi connectivity index (χ2n) is 10.1. The van der Waals surface area contributed by atoms with Gasteiger partial charge in [0.2, 0.25) is 5.91 Å². The van der Waals surface area contributed by atoms with Gasteiger partial charge in [0.05, 0.1) is 16.7 Å². The van der Waals surface area contributed by atoms with Crippen molar-refractivity contribution in [2.45, 2.75) is 45.3 Å². The van der Waals surface area contributed by atoms with Crippen molar-refractivity contribution in [3.63, 3.8) is 0 Å². The summed E-state index contributed by atoms with van der Waals surface area (Å²) in [6, 6.07) is 12.6. The van der Waals surface area contributed by atoms with E-state index in [2.05, 4.69) is 15.5 Å². The molecule has 2 aromatic carbocycles. The van der Waals surface area contributed by atoms with E-state index in [0.717, 1.165) is 25.2 Å². The van der Waals surface area contributed by atoms with Crippen molar-refractivity contribution in [2.24, 2.45) is 0 Å². The van der Waals surface area contributed by atoms with Crippen molar-refractivity contribution in [1.82, 2.24) is 20.2 Å². The number of nitrogens with zero attached hydrogens (tertiary/aromatic N) is 3. The number of carbonyl (C=O) groups is 1. The molecule has 0 aliphatic carbocycles. The van der Waals surface area contributed by atoms with Crippen LogP contribution in [0, 0.1) is 0 Å². The molecule has 0 bridgehead atoms. The molecule has 2 N–H and O–H groups in total. The van der Waals surface area contributed by atoms with E-state index in [1.807, 2.05) is 38.1 Å². The van der Waals surface area contributed by atoms with Crippen molar-refractivity contribution in [3.05, 3.63) is 57.8 Å². The van der Waals surface area contributed by atoms with E-state index < -0.39 is 9.84 Å². The quantitative estimate of drug-likeness (QED) is 0.436. The zero-order chi connectivity index (χ0) is 27.4. The topological polar surface area (TPSA) is 113 Å². The Hall–Kier alpha value is -2.95. The van der Waals surface area contributed by atoms with Crippen LogP contribution in [0.25, 0.3) is 22.3 Å². The number of amides is 1. The highest BCUT2D eigenvalue weighted by Crippen LogP contribution is 2.25. The molecule has 1 amide bonds. The van der Waals surface area contributed by atoms with Crippen LogP contribution in [0.3, 0.4) is 0 Å². The van der Waals surface area contributed by atoms with E-state index in [-0.39, 0.29) is 35.8 Å². The first-order valence-electron chi connectivity index (χ1n) is 12.8. The maximum atomic E-state index is 13.8. The number of anilines is 1. The van der Waals surface area contributed by atoms with Crippen molar-refractivity contribution >= 4 is 43.9 Å². The van der Waals surface area contributed by atoms with Crippen LogP contribution in [0.2, 0.25) is 5.02 Å². The molecule has 0 radical (unpaired) electrons. The summed E-state index contributed by atoms with van der Waals surface area (Å²) in [4.78, 5) is 33.5. The summed E-state index contributed by atoms with van der Waals surface area (Å²) < 4.78 is 24.8. The normalized spacial score (nSPS) is 16.6. The first kappa shape index (κ1) is 28.1. The Morgan fingerprint density at radius 1 is 1.24 bits per heavy atom. The molecule has 0 spiro atoms. The van der Waals surface area contributed by atoms with E-state index in [4.69, 9.17) is 16.6 Å². The standard InChI is InChI=1S/C27H34ClN5O4S/c1-18(2)30-25(34)17-33-26(19-6-4-7-20(28)14-19)31-24-9-8-22(15-23(24)27(33)35)32-12-5-11-29-21(16-32)10-13-38(3,36)37/h4,6-9,14-15,18,21,29H,5,10-13,16-17H2,1-3H3,(H,30,34). The lowest BCUT2D eigenvalue weighted by molar-refractivity contribution is -0.122. The van der Waals surface area contributed by atoms with Crippen LogP contribution in [0.15, 0.2) is 47.3 Å². The first-order chi connectivity index (χ1) is 18.0. The molecule has 4 rings (SSSR count). The van der Waals surface area contributed by atoms with Crippen molar-refractivity contribution in [3.8, 4) is 11.4 Å². The van der Waals surface area contributed by atoms with Crippen LogP contribution in [0.5, 0.6) is 0 Å². The second kappa shape index (κ2) is 11.8. The monoisotopic (exact) mass is 559 g/mol. The SMILES string of the molecule is CC(C)NC(=O)Cn1c(-c2cccc(Cl)c2)nc2ccc(N3CCCNC(CCS(C)(=O)=O)C3)cc2c1=O. The number of nitrogens with one attached hydrogen (secondary N) is 2. The van der Waals surface area contributed by atoms with E-state index in [0.29, 0.717) is 40.3 Å². The van der Waals surface area contributed by atoms with E-state index in [1.165, 1.54) is 10.8 Å². The van der Waals surface area contributed by atoms with Crippen LogP contribution < -0.4 is 21.1 Å². The number of benzene rings is 2. The fraction of sp³-hybridized carbons (Fsp3) is 0.444. The van der Waals surface area contributed by atoms with Gasteiger partial charge in [-0.05, 0) is 63.6 Å². The Balaban J connectivity index is 1.74. The Morgan fingerprint density at radius 3 is 2.74 bits per heavy atom. The molecule has 0 saturated carbocycles. The molecule has 9 nitrogen and oxygen atoms in total. The third kappa shape index (κ3) is 7.12. The first-order valence-corrected chi connectivity index (χ1v) is 15.2. The van der Waals surface area contributed by atoms with E-state index in [9.17, 15) is 18.0 Å². The fourth-order valence-corrected chi connectivity index (χ4v) is 5.60. The van der Waals surface area contributed by atoms with Gasteiger partial charge in [-0.3, -0.25) is 14.2 Å². The number of aromatic nitrogens is 2. The van der Waals surface area contributed by atoms with Gasteiger partial charge in [0, 0.05) is 47.7 Å². The molecule has 2 heterocycles. The molecule has 11 heteroatoms. The number of rotatable bonds is 8. The molecule has 1 aliphatic rings. The van der Waals surface area contributed by atoms with Gasteiger partial charge in [0.15, 0.2) is 0 Å². The third-order valence-electron chi connectivity index (χ3n) is 6.45. The minimum Gasteiger partial charge on any atom is -0.370 e. The smallest absolute Gasteiger partial charge is 0.262 e. The van der Waals surface area contributed by atoms with Crippen LogP contribution in [0.4, 0.5) is 5.69 Å². The summed E-state index contributed by atoms with van der Waals surface area (Å²) in [7, 11) is -3.06. The average Bonchev–Trinajstić information content (AvgIpc) is 3.09. The molecule has 3 aromatic rings. The molecule has 204 valence electrons. The summed E-state index contributed by atoms with van der Waals surface area (Å²) in [5.74, 6) is 0.210.